The average molecular weight is 288 g/mol. The first kappa shape index (κ1) is 14.7. The lowest BCUT2D eigenvalue weighted by molar-refractivity contribution is -1.18. The summed E-state index contributed by atoms with van der Waals surface area (Å²) in [5.74, 6) is 0. The van der Waals surface area contributed by atoms with Crippen LogP contribution >= 0.6 is 0 Å². The van der Waals surface area contributed by atoms with Crippen LogP contribution in [0.15, 0.2) is 0 Å². The van der Waals surface area contributed by atoms with Crippen LogP contribution < -0.4 is 9.80 Å². The molecule has 4 saturated heterocycles. The molecule has 0 unspecified atom stereocenters. The second-order valence-corrected chi connectivity index (χ2v) is 8.03. The van der Waals surface area contributed by atoms with E-state index < -0.39 is 24.9 Å². The van der Waals surface area contributed by atoms with Crippen LogP contribution in [0.4, 0.5) is 0 Å². The number of aliphatic hydroxyl groups excluding tert-OH is 4. The van der Waals surface area contributed by atoms with Gasteiger partial charge in [0.2, 0.25) is 6.17 Å². The Bertz CT molecular complexity index is 355. The van der Waals surface area contributed by atoms with Crippen molar-refractivity contribution in [1.29, 1.82) is 0 Å². The van der Waals surface area contributed by atoms with Crippen molar-refractivity contribution in [2.24, 2.45) is 10.8 Å². The van der Waals surface area contributed by atoms with Crippen molar-refractivity contribution >= 4 is 0 Å². The van der Waals surface area contributed by atoms with E-state index in [1.807, 2.05) is 0 Å². The lowest BCUT2D eigenvalue weighted by Crippen LogP contribution is -3.45. The summed E-state index contributed by atoms with van der Waals surface area (Å²) in [5, 5.41) is 39.0. The highest BCUT2D eigenvalue weighted by Crippen LogP contribution is 2.38. The van der Waals surface area contributed by atoms with E-state index in [4.69, 9.17) is 5.11 Å². The summed E-state index contributed by atoms with van der Waals surface area (Å²) in [6.45, 7) is 8.22. The quantitative estimate of drug-likeness (QED) is 0.315. The molecule has 0 aromatic heterocycles. The second-order valence-electron chi connectivity index (χ2n) is 8.03. The van der Waals surface area contributed by atoms with Gasteiger partial charge in [-0.3, -0.25) is 9.80 Å². The van der Waals surface area contributed by atoms with E-state index in [0.29, 0.717) is 10.8 Å². The Morgan fingerprint density at radius 1 is 1.00 bits per heavy atom. The predicted molar refractivity (Wildman–Crippen MR) is 71.1 cm³/mol. The fourth-order valence-electron chi connectivity index (χ4n) is 5.47. The molecule has 6 nitrogen and oxygen atoms in total. The van der Waals surface area contributed by atoms with Crippen molar-refractivity contribution in [1.82, 2.24) is 0 Å². The zero-order chi connectivity index (χ0) is 14.7. The molecule has 0 aliphatic carbocycles. The Balaban J connectivity index is 1.80. The van der Waals surface area contributed by atoms with Crippen LogP contribution in [-0.2, 0) is 0 Å². The van der Waals surface area contributed by atoms with E-state index in [0.717, 1.165) is 26.2 Å². The molecule has 4 fully saturated rings. The molecule has 6 N–H and O–H groups in total. The van der Waals surface area contributed by atoms with Gasteiger partial charge in [0.25, 0.3) is 0 Å². The van der Waals surface area contributed by atoms with Gasteiger partial charge in [-0.15, -0.1) is 0 Å². The molecule has 6 heteroatoms. The van der Waals surface area contributed by atoms with Gasteiger partial charge in [-0.25, -0.2) is 0 Å². The third-order valence-electron chi connectivity index (χ3n) is 5.62. The predicted octanol–water partition coefficient (Wildman–Crippen LogP) is -4.40. The van der Waals surface area contributed by atoms with Gasteiger partial charge >= 0.3 is 0 Å². The molecule has 0 aromatic rings. The molecule has 3 atom stereocenters. The molecule has 0 amide bonds. The molecule has 0 radical (unpaired) electrons. The van der Waals surface area contributed by atoms with Crippen molar-refractivity contribution < 1.29 is 30.2 Å². The topological polar surface area (TPSA) is 89.8 Å². The van der Waals surface area contributed by atoms with Gasteiger partial charge in [0.1, 0.15) is 12.2 Å². The normalized spacial score (nSPS) is 51.0. The summed E-state index contributed by atoms with van der Waals surface area (Å²) >= 11 is 0. The monoisotopic (exact) mass is 288 g/mol. The number of rotatable bonds is 4. The SMILES string of the molecule is CC12C[NH+]3CC(C)(C[NH+](C1)C3[C@H](O)[C@H](O)[C@H](O)CO)C2. The summed E-state index contributed by atoms with van der Waals surface area (Å²) in [6.07, 6.45) is -2.38. The second kappa shape index (κ2) is 4.63. The van der Waals surface area contributed by atoms with Crippen LogP contribution in [-0.4, -0.2) is 77.7 Å². The van der Waals surface area contributed by atoms with Crippen LogP contribution in [0.2, 0.25) is 0 Å². The van der Waals surface area contributed by atoms with E-state index in [1.54, 1.807) is 0 Å². The first-order valence-corrected chi connectivity index (χ1v) is 7.61. The van der Waals surface area contributed by atoms with Crippen molar-refractivity contribution in [3.05, 3.63) is 0 Å². The molecule has 116 valence electrons. The fraction of sp³-hybridized carbons (Fsp3) is 1.00. The molecule has 0 aromatic carbocycles. The maximum atomic E-state index is 10.5. The van der Waals surface area contributed by atoms with Gasteiger partial charge in [-0.05, 0) is 20.3 Å². The third-order valence-corrected chi connectivity index (χ3v) is 5.62. The summed E-state index contributed by atoms with van der Waals surface area (Å²) in [7, 11) is 0. The number of hydrogen-bond acceptors (Lipinski definition) is 4. The zero-order valence-corrected chi connectivity index (χ0v) is 12.3. The number of quaternary nitrogens is 2. The Kier molecular flexibility index (Phi) is 3.40. The van der Waals surface area contributed by atoms with Crippen LogP contribution in [0.5, 0.6) is 0 Å². The van der Waals surface area contributed by atoms with Crippen LogP contribution in [0.3, 0.4) is 0 Å². The highest BCUT2D eigenvalue weighted by molar-refractivity contribution is 4.94. The van der Waals surface area contributed by atoms with Crippen LogP contribution in [0, 0.1) is 10.8 Å². The average Bonchev–Trinajstić information content (AvgIpc) is 2.32. The van der Waals surface area contributed by atoms with E-state index in [1.165, 1.54) is 16.2 Å². The van der Waals surface area contributed by atoms with E-state index in [9.17, 15) is 15.3 Å². The standard InChI is InChI=1S/C14H26N2O4/c1-13-4-14(2)7-15(5-13)12(16(6-13)8-14)11(20)10(19)9(18)3-17/h9-12,17-20H,3-8H2,1-2H3/p+2/t9-,10-,11-,12?,13?,14?/m1/s1. The highest BCUT2D eigenvalue weighted by Gasteiger charge is 2.64. The van der Waals surface area contributed by atoms with Gasteiger partial charge < -0.3 is 20.4 Å². The summed E-state index contributed by atoms with van der Waals surface area (Å²) in [5.41, 5.74) is 0.652. The van der Waals surface area contributed by atoms with Gasteiger partial charge in [-0.1, -0.05) is 0 Å². The van der Waals surface area contributed by atoms with Crippen molar-refractivity contribution in [2.75, 3.05) is 32.8 Å². The maximum Gasteiger partial charge on any atom is 0.242 e. The van der Waals surface area contributed by atoms with Gasteiger partial charge in [0.15, 0.2) is 6.10 Å². The molecular weight excluding hydrogens is 260 g/mol. The summed E-state index contributed by atoms with van der Waals surface area (Å²) in [4.78, 5) is 2.68. The Morgan fingerprint density at radius 2 is 1.45 bits per heavy atom. The first-order chi connectivity index (χ1) is 9.27. The van der Waals surface area contributed by atoms with Crippen molar-refractivity contribution in [2.45, 2.75) is 44.7 Å². The minimum absolute atomic E-state index is 0.0901. The number of hydrogen-bond donors (Lipinski definition) is 6. The van der Waals surface area contributed by atoms with E-state index in [2.05, 4.69) is 13.8 Å². The number of nitrogens with one attached hydrogen (secondary N) is 2. The minimum Gasteiger partial charge on any atom is -0.394 e. The lowest BCUT2D eigenvalue weighted by Gasteiger charge is -2.61. The molecule has 4 heterocycles. The maximum absolute atomic E-state index is 10.5. The van der Waals surface area contributed by atoms with Crippen LogP contribution in [0.25, 0.3) is 0 Å². The summed E-state index contributed by atoms with van der Waals surface area (Å²) < 4.78 is 0. The first-order valence-electron chi connectivity index (χ1n) is 7.61. The van der Waals surface area contributed by atoms with Gasteiger partial charge in [0, 0.05) is 0 Å². The van der Waals surface area contributed by atoms with Crippen molar-refractivity contribution in [3.8, 4) is 0 Å². The van der Waals surface area contributed by atoms with Crippen LogP contribution in [0.1, 0.15) is 20.3 Å². The third kappa shape index (κ3) is 2.19. The molecule has 0 saturated carbocycles. The molecule has 4 bridgehead atoms. The molecule has 4 rings (SSSR count). The minimum atomic E-state index is -1.27. The van der Waals surface area contributed by atoms with E-state index in [-0.39, 0.29) is 6.17 Å². The smallest absolute Gasteiger partial charge is 0.242 e. The Morgan fingerprint density at radius 3 is 1.85 bits per heavy atom. The highest BCUT2D eigenvalue weighted by atomic mass is 16.4. The molecular formula is C14H28N2O4+2. The number of piperidine rings is 2. The lowest BCUT2D eigenvalue weighted by atomic mass is 9.63. The Labute approximate surface area is 119 Å². The van der Waals surface area contributed by atoms with E-state index >= 15 is 0 Å². The van der Waals surface area contributed by atoms with Gasteiger partial charge in [0.05, 0.1) is 43.6 Å². The Hall–Kier alpha value is -0.240. The largest absolute Gasteiger partial charge is 0.394 e. The molecule has 4 aliphatic rings. The zero-order valence-electron chi connectivity index (χ0n) is 12.3. The van der Waals surface area contributed by atoms with Crippen molar-refractivity contribution in [3.63, 3.8) is 0 Å². The molecule has 4 aliphatic heterocycles. The molecule has 0 spiro atoms. The fourth-order valence-corrected chi connectivity index (χ4v) is 5.47. The molecule has 20 heavy (non-hydrogen) atoms. The summed E-state index contributed by atoms with van der Waals surface area (Å²) in [6, 6.07) is 0. The van der Waals surface area contributed by atoms with Gasteiger partial charge in [-0.2, -0.15) is 0 Å². The number of aliphatic hydroxyl groups is 4.